The average Bonchev–Trinajstić information content (AvgIpc) is 2.88. The normalized spacial score (nSPS) is 22.3. The molecule has 0 saturated heterocycles. The summed E-state index contributed by atoms with van der Waals surface area (Å²) in [4.78, 5) is 3.87. The third-order valence-corrected chi connectivity index (χ3v) is 3.60. The lowest BCUT2D eigenvalue weighted by molar-refractivity contribution is -0.0536. The quantitative estimate of drug-likeness (QED) is 0.754. The molecule has 8 nitrogen and oxygen atoms in total. The molecule has 1 aliphatic heterocycles. The van der Waals surface area contributed by atoms with Crippen LogP contribution in [0, 0.1) is 11.3 Å². The molecule has 0 bridgehead atoms. The summed E-state index contributed by atoms with van der Waals surface area (Å²) in [5, 5.41) is 26.1. The van der Waals surface area contributed by atoms with Gasteiger partial charge in [-0.1, -0.05) is 0 Å². The van der Waals surface area contributed by atoms with Crippen LogP contribution in [0.25, 0.3) is 0 Å². The minimum Gasteiger partial charge on any atom is -0.485 e. The topological polar surface area (TPSA) is 130 Å². The molecule has 114 valence electrons. The van der Waals surface area contributed by atoms with Gasteiger partial charge >= 0.3 is 6.01 Å². The van der Waals surface area contributed by atoms with Crippen LogP contribution in [0.2, 0.25) is 0 Å². The first kappa shape index (κ1) is 14.2. The van der Waals surface area contributed by atoms with Crippen molar-refractivity contribution in [3.05, 3.63) is 29.3 Å². The van der Waals surface area contributed by atoms with Gasteiger partial charge in [-0.3, -0.25) is 0 Å². The smallest absolute Gasteiger partial charge is 0.323 e. The van der Waals surface area contributed by atoms with Crippen LogP contribution in [-0.4, -0.2) is 27.0 Å². The summed E-state index contributed by atoms with van der Waals surface area (Å²) in [5.74, 6) is 0.577. The zero-order valence-corrected chi connectivity index (χ0v) is 12.1. The number of nitriles is 1. The average molecular weight is 301 g/mol. The molecule has 2 atom stereocenters. The van der Waals surface area contributed by atoms with Gasteiger partial charge in [0.2, 0.25) is 0 Å². The fraction of sp³-hybridized carbons (Fsp3) is 0.357. The Kier molecular flexibility index (Phi) is 3.15. The summed E-state index contributed by atoms with van der Waals surface area (Å²) >= 11 is 0. The number of nitrogens with zero attached hydrogens (tertiary/aromatic N) is 3. The number of aliphatic hydroxyl groups excluding tert-OH is 1. The van der Waals surface area contributed by atoms with E-state index in [1.54, 1.807) is 32.0 Å². The number of hydrogen-bond acceptors (Lipinski definition) is 8. The van der Waals surface area contributed by atoms with E-state index in [9.17, 15) is 5.11 Å². The van der Waals surface area contributed by atoms with Crippen LogP contribution in [0.1, 0.15) is 31.0 Å². The van der Waals surface area contributed by atoms with Crippen LogP contribution in [0.4, 0.5) is 12.0 Å². The second-order valence-electron chi connectivity index (χ2n) is 5.59. The Morgan fingerprint density at radius 2 is 2.23 bits per heavy atom. The van der Waals surface area contributed by atoms with Gasteiger partial charge in [0.15, 0.2) is 0 Å². The Hall–Kier alpha value is -2.79. The highest BCUT2D eigenvalue weighted by atomic mass is 16.5. The maximum absolute atomic E-state index is 10.6. The highest BCUT2D eigenvalue weighted by Gasteiger charge is 2.43. The first-order chi connectivity index (χ1) is 10.4. The minimum absolute atomic E-state index is 0.00527. The third-order valence-electron chi connectivity index (χ3n) is 3.60. The molecule has 0 aliphatic carbocycles. The van der Waals surface area contributed by atoms with Gasteiger partial charge in [-0.05, 0) is 37.2 Å². The second kappa shape index (κ2) is 4.89. The van der Waals surface area contributed by atoms with E-state index in [2.05, 4.69) is 21.5 Å². The van der Waals surface area contributed by atoms with Gasteiger partial charge in [-0.15, -0.1) is 0 Å². The largest absolute Gasteiger partial charge is 0.485 e. The van der Waals surface area contributed by atoms with Gasteiger partial charge < -0.3 is 25.4 Å². The number of benzene rings is 1. The van der Waals surface area contributed by atoms with Crippen molar-refractivity contribution < 1.29 is 14.4 Å². The molecule has 2 heterocycles. The van der Waals surface area contributed by atoms with E-state index in [0.29, 0.717) is 16.9 Å². The molecule has 1 aliphatic rings. The fourth-order valence-corrected chi connectivity index (χ4v) is 2.45. The lowest BCUT2D eigenvalue weighted by Gasteiger charge is -2.42. The number of nitrogens with two attached hydrogens (primary N) is 1. The van der Waals surface area contributed by atoms with Crippen molar-refractivity contribution in [2.75, 3.05) is 11.1 Å². The SMILES string of the molecule is CC1(C)Oc2ccc(C#N)cc2[C@@H](Nc2nc(N)no2)[C@@H]1O. The van der Waals surface area contributed by atoms with Gasteiger partial charge in [0.05, 0.1) is 17.7 Å². The minimum atomic E-state index is -0.901. The van der Waals surface area contributed by atoms with Gasteiger partial charge in [0.25, 0.3) is 5.95 Å². The first-order valence-corrected chi connectivity index (χ1v) is 6.67. The summed E-state index contributed by atoms with van der Waals surface area (Å²) in [5.41, 5.74) is 5.70. The molecule has 0 spiro atoms. The Bertz CT molecular complexity index is 749. The second-order valence-corrected chi connectivity index (χ2v) is 5.59. The van der Waals surface area contributed by atoms with Crippen molar-refractivity contribution in [1.82, 2.24) is 10.1 Å². The summed E-state index contributed by atoms with van der Waals surface area (Å²) < 4.78 is 10.8. The summed E-state index contributed by atoms with van der Waals surface area (Å²) in [6, 6.07) is 6.60. The molecule has 3 rings (SSSR count). The number of aromatic nitrogens is 2. The van der Waals surface area contributed by atoms with Crippen LogP contribution in [-0.2, 0) is 0 Å². The first-order valence-electron chi connectivity index (χ1n) is 6.67. The standard InChI is InChI=1S/C14H15N5O3/c1-14(2)11(20)10(17-13-18-12(16)19-22-13)8-5-7(6-15)3-4-9(8)21-14/h3-5,10-11,20H,1-2H3,(H3,16,17,18,19)/t10-,11+/m1/s1. The molecule has 0 amide bonds. The van der Waals surface area contributed by atoms with Crippen molar-refractivity contribution in [1.29, 1.82) is 5.26 Å². The number of anilines is 2. The number of fused-ring (bicyclic) bond motifs is 1. The van der Waals surface area contributed by atoms with Gasteiger partial charge in [0.1, 0.15) is 17.5 Å². The molecule has 8 heteroatoms. The lowest BCUT2D eigenvalue weighted by atomic mass is 9.86. The summed E-state index contributed by atoms with van der Waals surface area (Å²) in [6.07, 6.45) is -0.901. The van der Waals surface area contributed by atoms with E-state index >= 15 is 0 Å². The monoisotopic (exact) mass is 301 g/mol. The van der Waals surface area contributed by atoms with E-state index in [1.807, 2.05) is 0 Å². The highest BCUT2D eigenvalue weighted by molar-refractivity contribution is 5.49. The Morgan fingerprint density at radius 3 is 2.86 bits per heavy atom. The number of nitrogens with one attached hydrogen (secondary N) is 1. The predicted octanol–water partition coefficient (Wildman–Crippen LogP) is 1.21. The summed E-state index contributed by atoms with van der Waals surface area (Å²) in [7, 11) is 0. The molecular formula is C14H15N5O3. The zero-order chi connectivity index (χ0) is 15.9. The van der Waals surface area contributed by atoms with Crippen LogP contribution in [0.5, 0.6) is 5.75 Å². The van der Waals surface area contributed by atoms with Crippen LogP contribution in [0.3, 0.4) is 0 Å². The Balaban J connectivity index is 2.04. The molecule has 0 radical (unpaired) electrons. The molecule has 0 saturated carbocycles. The summed E-state index contributed by atoms with van der Waals surface area (Å²) in [6.45, 7) is 3.55. The van der Waals surface area contributed by atoms with E-state index in [0.717, 1.165) is 0 Å². The van der Waals surface area contributed by atoms with E-state index in [4.69, 9.17) is 20.3 Å². The number of hydrogen-bond donors (Lipinski definition) is 3. The van der Waals surface area contributed by atoms with Gasteiger partial charge in [0, 0.05) is 5.56 Å². The van der Waals surface area contributed by atoms with Crippen molar-refractivity contribution in [2.24, 2.45) is 0 Å². The molecule has 1 aromatic carbocycles. The number of rotatable bonds is 2. The van der Waals surface area contributed by atoms with Crippen molar-refractivity contribution in [2.45, 2.75) is 31.6 Å². The maximum atomic E-state index is 10.6. The number of nitrogen functional groups attached to an aromatic ring is 1. The molecule has 22 heavy (non-hydrogen) atoms. The van der Waals surface area contributed by atoms with Gasteiger partial charge in [-0.25, -0.2) is 0 Å². The molecule has 1 aromatic heterocycles. The predicted molar refractivity (Wildman–Crippen MR) is 76.9 cm³/mol. The van der Waals surface area contributed by atoms with Crippen molar-refractivity contribution >= 4 is 12.0 Å². The fourth-order valence-electron chi connectivity index (χ4n) is 2.45. The number of aliphatic hydroxyl groups is 1. The van der Waals surface area contributed by atoms with E-state index in [-0.39, 0.29) is 12.0 Å². The van der Waals surface area contributed by atoms with E-state index in [1.165, 1.54) is 0 Å². The molecule has 0 fully saturated rings. The lowest BCUT2D eigenvalue weighted by Crippen LogP contribution is -2.50. The highest BCUT2D eigenvalue weighted by Crippen LogP contribution is 2.41. The zero-order valence-electron chi connectivity index (χ0n) is 12.1. The molecular weight excluding hydrogens is 286 g/mol. The number of ether oxygens (including phenoxy) is 1. The van der Waals surface area contributed by atoms with Crippen molar-refractivity contribution in [3.63, 3.8) is 0 Å². The van der Waals surface area contributed by atoms with Crippen molar-refractivity contribution in [3.8, 4) is 11.8 Å². The Labute approximate surface area is 126 Å². The van der Waals surface area contributed by atoms with E-state index < -0.39 is 17.7 Å². The Morgan fingerprint density at radius 1 is 1.45 bits per heavy atom. The third kappa shape index (κ3) is 2.31. The van der Waals surface area contributed by atoms with Crippen LogP contribution in [0.15, 0.2) is 22.7 Å². The van der Waals surface area contributed by atoms with Crippen LogP contribution < -0.4 is 15.8 Å². The van der Waals surface area contributed by atoms with Gasteiger partial charge in [-0.2, -0.15) is 10.2 Å². The molecule has 2 aromatic rings. The maximum Gasteiger partial charge on any atom is 0.323 e. The van der Waals surface area contributed by atoms with Crippen LogP contribution >= 0.6 is 0 Å². The molecule has 4 N–H and O–H groups in total. The molecule has 0 unspecified atom stereocenters.